The largest absolute Gasteiger partial charge is 0.325 e. The monoisotopic (exact) mass is 433 g/mol. The number of nitrogens with zero attached hydrogens (tertiary/aromatic N) is 1. The highest BCUT2D eigenvalue weighted by atomic mass is 79.9. The van der Waals surface area contributed by atoms with Gasteiger partial charge in [0.05, 0.1) is 5.56 Å². The number of rotatable bonds is 3. The first-order valence-electron chi connectivity index (χ1n) is 8.95. The molecule has 0 saturated carbocycles. The summed E-state index contributed by atoms with van der Waals surface area (Å²) in [6.45, 7) is 1.56. The lowest BCUT2D eigenvalue weighted by Crippen LogP contribution is -2.35. The minimum Gasteiger partial charge on any atom is -0.325 e. The van der Waals surface area contributed by atoms with E-state index in [0.29, 0.717) is 15.8 Å². The van der Waals surface area contributed by atoms with Crippen LogP contribution in [0.25, 0.3) is 0 Å². The van der Waals surface area contributed by atoms with E-state index in [-0.39, 0.29) is 11.6 Å². The van der Waals surface area contributed by atoms with E-state index in [9.17, 15) is 14.0 Å². The fourth-order valence-corrected chi connectivity index (χ4v) is 3.41. The maximum atomic E-state index is 13.4. The van der Waals surface area contributed by atoms with Crippen molar-refractivity contribution in [3.05, 3.63) is 58.3 Å². The van der Waals surface area contributed by atoms with Crippen LogP contribution < -0.4 is 10.6 Å². The van der Waals surface area contributed by atoms with Crippen LogP contribution in [0.15, 0.2) is 46.9 Å². The number of hydrogen-bond acceptors (Lipinski definition) is 2. The van der Waals surface area contributed by atoms with E-state index in [0.717, 1.165) is 25.9 Å². The number of benzene rings is 2. The summed E-state index contributed by atoms with van der Waals surface area (Å²) in [5.74, 6) is -0.891. The molecule has 5 nitrogen and oxygen atoms in total. The molecule has 1 aliphatic rings. The van der Waals surface area contributed by atoms with Gasteiger partial charge in [0.2, 0.25) is 0 Å². The molecule has 142 valence electrons. The molecule has 1 heterocycles. The van der Waals surface area contributed by atoms with Crippen LogP contribution in [-0.2, 0) is 0 Å². The van der Waals surface area contributed by atoms with Gasteiger partial charge in [-0.25, -0.2) is 9.18 Å². The number of urea groups is 1. The van der Waals surface area contributed by atoms with Crippen molar-refractivity contribution in [2.75, 3.05) is 23.7 Å². The molecule has 0 bridgehead atoms. The Balaban J connectivity index is 1.60. The van der Waals surface area contributed by atoms with Crippen LogP contribution in [0.5, 0.6) is 0 Å². The Hall–Kier alpha value is -2.41. The number of halogens is 2. The zero-order valence-electron chi connectivity index (χ0n) is 14.8. The molecule has 0 radical (unpaired) electrons. The predicted octanol–water partition coefficient (Wildman–Crippen LogP) is 5.25. The van der Waals surface area contributed by atoms with Gasteiger partial charge in [-0.15, -0.1) is 0 Å². The van der Waals surface area contributed by atoms with Crippen molar-refractivity contribution < 1.29 is 14.0 Å². The van der Waals surface area contributed by atoms with Crippen molar-refractivity contribution in [3.63, 3.8) is 0 Å². The molecule has 2 N–H and O–H groups in total. The second-order valence-electron chi connectivity index (χ2n) is 6.49. The molecular formula is C20H21BrFN3O2. The number of nitrogens with one attached hydrogen (secondary N) is 2. The lowest BCUT2D eigenvalue weighted by atomic mass is 10.2. The highest BCUT2D eigenvalue weighted by Gasteiger charge is 2.16. The van der Waals surface area contributed by atoms with Gasteiger partial charge >= 0.3 is 6.03 Å². The average molecular weight is 434 g/mol. The molecule has 0 spiro atoms. The van der Waals surface area contributed by atoms with Gasteiger partial charge in [-0.05, 0) is 71.2 Å². The lowest BCUT2D eigenvalue weighted by Gasteiger charge is -2.20. The molecule has 0 atom stereocenters. The summed E-state index contributed by atoms with van der Waals surface area (Å²) in [6.07, 6.45) is 4.40. The van der Waals surface area contributed by atoms with E-state index >= 15 is 0 Å². The Morgan fingerprint density at radius 3 is 2.11 bits per heavy atom. The van der Waals surface area contributed by atoms with Gasteiger partial charge in [0.1, 0.15) is 5.82 Å². The average Bonchev–Trinajstić information content (AvgIpc) is 2.95. The first-order chi connectivity index (χ1) is 13.0. The van der Waals surface area contributed by atoms with Gasteiger partial charge in [-0.2, -0.15) is 0 Å². The quantitative estimate of drug-likeness (QED) is 0.694. The number of anilines is 2. The Labute approximate surface area is 166 Å². The molecule has 3 rings (SSSR count). The van der Waals surface area contributed by atoms with Crippen LogP contribution in [-0.4, -0.2) is 29.9 Å². The summed E-state index contributed by atoms with van der Waals surface area (Å²) in [5, 5.41) is 5.61. The first kappa shape index (κ1) is 19.4. The van der Waals surface area contributed by atoms with Crippen molar-refractivity contribution in [2.45, 2.75) is 25.7 Å². The minimum atomic E-state index is -0.477. The van der Waals surface area contributed by atoms with Crippen molar-refractivity contribution in [3.8, 4) is 0 Å². The molecular weight excluding hydrogens is 413 g/mol. The van der Waals surface area contributed by atoms with Crippen molar-refractivity contribution >= 4 is 39.2 Å². The molecule has 2 aromatic carbocycles. The van der Waals surface area contributed by atoms with Crippen LogP contribution in [0.4, 0.5) is 20.6 Å². The highest BCUT2D eigenvalue weighted by molar-refractivity contribution is 9.10. The van der Waals surface area contributed by atoms with Crippen LogP contribution in [0.2, 0.25) is 0 Å². The van der Waals surface area contributed by atoms with Crippen LogP contribution in [0, 0.1) is 5.82 Å². The van der Waals surface area contributed by atoms with Gasteiger partial charge in [-0.1, -0.05) is 12.8 Å². The third-order valence-electron chi connectivity index (χ3n) is 4.46. The van der Waals surface area contributed by atoms with Gasteiger partial charge in [0.15, 0.2) is 0 Å². The number of likely N-dealkylation sites (tertiary alicyclic amines) is 1. The summed E-state index contributed by atoms with van der Waals surface area (Å²) >= 11 is 3.25. The topological polar surface area (TPSA) is 61.4 Å². The van der Waals surface area contributed by atoms with E-state index in [2.05, 4.69) is 26.6 Å². The lowest BCUT2D eigenvalue weighted by molar-refractivity contribution is 0.102. The Morgan fingerprint density at radius 1 is 0.889 bits per heavy atom. The first-order valence-corrected chi connectivity index (χ1v) is 9.74. The molecule has 27 heavy (non-hydrogen) atoms. The molecule has 0 aliphatic carbocycles. The molecule has 0 unspecified atom stereocenters. The van der Waals surface area contributed by atoms with E-state index in [1.165, 1.54) is 31.0 Å². The molecule has 3 amide bonds. The fraction of sp³-hybridized carbons (Fsp3) is 0.300. The second-order valence-corrected chi connectivity index (χ2v) is 7.34. The highest BCUT2D eigenvalue weighted by Crippen LogP contribution is 2.21. The standard InChI is InChI=1S/C20H21BrFN3O2/c21-18-10-5-14(22)13-17(18)19(26)23-15-6-8-16(9-7-15)24-20(27)25-11-3-1-2-4-12-25/h5-10,13H,1-4,11-12H2,(H,23,26)(H,24,27). The summed E-state index contributed by atoms with van der Waals surface area (Å²) < 4.78 is 13.9. The number of amides is 3. The zero-order valence-corrected chi connectivity index (χ0v) is 16.4. The van der Waals surface area contributed by atoms with E-state index in [4.69, 9.17) is 0 Å². The molecule has 0 aromatic heterocycles. The van der Waals surface area contributed by atoms with E-state index in [1.807, 2.05) is 4.90 Å². The van der Waals surface area contributed by atoms with Crippen molar-refractivity contribution in [1.82, 2.24) is 4.90 Å². The second kappa shape index (κ2) is 8.99. The van der Waals surface area contributed by atoms with Crippen molar-refractivity contribution in [1.29, 1.82) is 0 Å². The minimum absolute atomic E-state index is 0.0997. The maximum absolute atomic E-state index is 13.4. The summed E-state index contributed by atoms with van der Waals surface area (Å²) in [4.78, 5) is 26.5. The van der Waals surface area contributed by atoms with Crippen LogP contribution in [0.1, 0.15) is 36.0 Å². The number of hydrogen-bond donors (Lipinski definition) is 2. The predicted molar refractivity (Wildman–Crippen MR) is 108 cm³/mol. The van der Waals surface area contributed by atoms with Gasteiger partial charge in [-0.3, -0.25) is 4.79 Å². The van der Waals surface area contributed by atoms with Crippen LogP contribution in [0.3, 0.4) is 0 Å². The normalized spacial score (nSPS) is 14.4. The van der Waals surface area contributed by atoms with Gasteiger partial charge in [0, 0.05) is 28.9 Å². The zero-order chi connectivity index (χ0) is 19.2. The fourth-order valence-electron chi connectivity index (χ4n) is 2.98. The Bertz CT molecular complexity index is 818. The molecule has 2 aromatic rings. The molecule has 1 aliphatic heterocycles. The smallest absolute Gasteiger partial charge is 0.321 e. The summed E-state index contributed by atoms with van der Waals surface area (Å²) in [7, 11) is 0. The SMILES string of the molecule is O=C(Nc1ccc(NC(=O)N2CCCCCC2)cc1)c1cc(F)ccc1Br. The summed E-state index contributed by atoms with van der Waals surface area (Å²) in [6, 6.07) is 10.7. The molecule has 1 fully saturated rings. The third-order valence-corrected chi connectivity index (χ3v) is 5.15. The third kappa shape index (κ3) is 5.29. The van der Waals surface area contributed by atoms with Crippen LogP contribution >= 0.6 is 15.9 Å². The summed E-state index contributed by atoms with van der Waals surface area (Å²) in [5.41, 5.74) is 1.44. The molecule has 7 heteroatoms. The Kier molecular flexibility index (Phi) is 6.45. The van der Waals surface area contributed by atoms with E-state index < -0.39 is 11.7 Å². The maximum Gasteiger partial charge on any atom is 0.321 e. The van der Waals surface area contributed by atoms with Gasteiger partial charge < -0.3 is 15.5 Å². The van der Waals surface area contributed by atoms with E-state index in [1.54, 1.807) is 24.3 Å². The Morgan fingerprint density at radius 2 is 1.48 bits per heavy atom. The molecule has 1 saturated heterocycles. The number of carbonyl (C=O) groups excluding carboxylic acids is 2. The van der Waals surface area contributed by atoms with Crippen molar-refractivity contribution in [2.24, 2.45) is 0 Å². The number of carbonyl (C=O) groups is 2. The van der Waals surface area contributed by atoms with Gasteiger partial charge in [0.25, 0.3) is 5.91 Å².